The third-order valence-electron chi connectivity index (χ3n) is 4.70. The lowest BCUT2D eigenvalue weighted by Gasteiger charge is -2.13. The van der Waals surface area contributed by atoms with E-state index in [4.69, 9.17) is 0 Å². The molecule has 1 aliphatic carbocycles. The zero-order chi connectivity index (χ0) is 19.7. The SMILES string of the molecule is FC(F)(F)c1cccc(-c2nc(Br)cn2-c2ccnc(NC3CCCC3)n2)c1. The third-order valence-corrected chi connectivity index (χ3v) is 5.08. The maximum absolute atomic E-state index is 13.1. The van der Waals surface area contributed by atoms with Crippen molar-refractivity contribution in [1.29, 1.82) is 0 Å². The van der Waals surface area contributed by atoms with Gasteiger partial charge < -0.3 is 5.32 Å². The molecule has 1 aliphatic rings. The molecule has 28 heavy (non-hydrogen) atoms. The lowest BCUT2D eigenvalue weighted by atomic mass is 10.1. The molecule has 0 spiro atoms. The summed E-state index contributed by atoms with van der Waals surface area (Å²) in [6.07, 6.45) is 3.43. The lowest BCUT2D eigenvalue weighted by molar-refractivity contribution is -0.137. The summed E-state index contributed by atoms with van der Waals surface area (Å²) in [6.45, 7) is 0. The molecule has 0 amide bonds. The highest BCUT2D eigenvalue weighted by Crippen LogP contribution is 2.33. The number of nitrogens with zero attached hydrogens (tertiary/aromatic N) is 4. The summed E-state index contributed by atoms with van der Waals surface area (Å²) in [5, 5.41) is 3.33. The maximum atomic E-state index is 13.1. The van der Waals surface area contributed by atoms with Crippen molar-refractivity contribution in [1.82, 2.24) is 19.5 Å². The van der Waals surface area contributed by atoms with E-state index < -0.39 is 11.7 Å². The number of imidazole rings is 1. The number of nitrogens with one attached hydrogen (secondary N) is 1. The number of hydrogen-bond acceptors (Lipinski definition) is 4. The van der Waals surface area contributed by atoms with Gasteiger partial charge in [0.15, 0.2) is 0 Å². The maximum Gasteiger partial charge on any atom is 0.416 e. The van der Waals surface area contributed by atoms with Crippen molar-refractivity contribution in [3.8, 4) is 17.2 Å². The number of alkyl halides is 3. The van der Waals surface area contributed by atoms with Gasteiger partial charge in [0.05, 0.1) is 5.56 Å². The van der Waals surface area contributed by atoms with Crippen molar-refractivity contribution in [2.45, 2.75) is 37.9 Å². The molecule has 0 radical (unpaired) electrons. The van der Waals surface area contributed by atoms with E-state index in [1.54, 1.807) is 29.1 Å². The first-order valence-electron chi connectivity index (χ1n) is 8.92. The van der Waals surface area contributed by atoms with Crippen LogP contribution in [0, 0.1) is 0 Å². The van der Waals surface area contributed by atoms with E-state index in [-0.39, 0.29) is 0 Å². The van der Waals surface area contributed by atoms with Crippen LogP contribution >= 0.6 is 15.9 Å². The smallest absolute Gasteiger partial charge is 0.351 e. The molecule has 0 unspecified atom stereocenters. The molecule has 0 bridgehead atoms. The fraction of sp³-hybridized carbons (Fsp3) is 0.316. The highest BCUT2D eigenvalue weighted by atomic mass is 79.9. The summed E-state index contributed by atoms with van der Waals surface area (Å²) in [5.41, 5.74) is -0.369. The quantitative estimate of drug-likeness (QED) is 0.571. The zero-order valence-electron chi connectivity index (χ0n) is 14.7. The van der Waals surface area contributed by atoms with Crippen LogP contribution < -0.4 is 5.32 Å². The van der Waals surface area contributed by atoms with Crippen molar-refractivity contribution >= 4 is 21.9 Å². The highest BCUT2D eigenvalue weighted by molar-refractivity contribution is 9.10. The molecule has 1 aromatic carbocycles. The van der Waals surface area contributed by atoms with Crippen LogP contribution in [0.5, 0.6) is 0 Å². The lowest BCUT2D eigenvalue weighted by Crippen LogP contribution is -2.17. The Morgan fingerprint density at radius 1 is 1.11 bits per heavy atom. The normalized spacial score (nSPS) is 15.1. The summed E-state index contributed by atoms with van der Waals surface area (Å²) in [4.78, 5) is 13.1. The predicted octanol–water partition coefficient (Wildman–Crippen LogP) is 5.47. The first kappa shape index (κ1) is 18.9. The van der Waals surface area contributed by atoms with Gasteiger partial charge in [0.2, 0.25) is 5.95 Å². The minimum absolute atomic E-state index is 0.351. The summed E-state index contributed by atoms with van der Waals surface area (Å²) < 4.78 is 41.4. The topological polar surface area (TPSA) is 55.6 Å². The van der Waals surface area contributed by atoms with Crippen molar-refractivity contribution in [2.24, 2.45) is 0 Å². The molecule has 1 N–H and O–H groups in total. The fourth-order valence-corrected chi connectivity index (χ4v) is 3.74. The Bertz CT molecular complexity index is 980. The van der Waals surface area contributed by atoms with E-state index in [1.807, 2.05) is 0 Å². The molecule has 0 aliphatic heterocycles. The molecule has 146 valence electrons. The van der Waals surface area contributed by atoms with Crippen LogP contribution in [-0.4, -0.2) is 25.6 Å². The second kappa shape index (κ2) is 7.54. The van der Waals surface area contributed by atoms with Gasteiger partial charge >= 0.3 is 6.18 Å². The summed E-state index contributed by atoms with van der Waals surface area (Å²) in [7, 11) is 0. The zero-order valence-corrected chi connectivity index (χ0v) is 16.3. The predicted molar refractivity (Wildman–Crippen MR) is 103 cm³/mol. The number of halogens is 4. The van der Waals surface area contributed by atoms with E-state index in [9.17, 15) is 13.2 Å². The van der Waals surface area contributed by atoms with Gasteiger partial charge in [-0.15, -0.1) is 0 Å². The molecule has 3 aromatic rings. The Morgan fingerprint density at radius 2 is 1.89 bits per heavy atom. The molecule has 2 aromatic heterocycles. The van der Waals surface area contributed by atoms with Crippen molar-refractivity contribution in [3.05, 3.63) is 52.9 Å². The average molecular weight is 452 g/mol. The van der Waals surface area contributed by atoms with E-state index in [2.05, 4.69) is 36.2 Å². The second-order valence-electron chi connectivity index (χ2n) is 6.70. The van der Waals surface area contributed by atoms with E-state index in [0.717, 1.165) is 25.0 Å². The Morgan fingerprint density at radius 3 is 2.64 bits per heavy atom. The Hall–Kier alpha value is -2.42. The minimum atomic E-state index is -4.42. The molecular formula is C19H17BrF3N5. The van der Waals surface area contributed by atoms with E-state index in [1.165, 1.54) is 18.9 Å². The number of benzene rings is 1. The highest BCUT2D eigenvalue weighted by Gasteiger charge is 2.31. The van der Waals surface area contributed by atoms with Crippen molar-refractivity contribution in [2.75, 3.05) is 5.32 Å². The van der Waals surface area contributed by atoms with Gasteiger partial charge in [-0.1, -0.05) is 25.0 Å². The molecule has 0 atom stereocenters. The van der Waals surface area contributed by atoms with Crippen molar-refractivity contribution in [3.63, 3.8) is 0 Å². The van der Waals surface area contributed by atoms with Crippen LogP contribution in [0.1, 0.15) is 31.2 Å². The number of hydrogen-bond donors (Lipinski definition) is 1. The summed E-state index contributed by atoms with van der Waals surface area (Å²) in [5.74, 6) is 1.40. The van der Waals surface area contributed by atoms with Crippen LogP contribution in [-0.2, 0) is 6.18 Å². The minimum Gasteiger partial charge on any atom is -0.351 e. The van der Waals surface area contributed by atoms with Crippen LogP contribution in [0.2, 0.25) is 0 Å². The van der Waals surface area contributed by atoms with Gasteiger partial charge in [0.1, 0.15) is 16.2 Å². The largest absolute Gasteiger partial charge is 0.416 e. The molecule has 1 fully saturated rings. The number of rotatable bonds is 4. The van der Waals surface area contributed by atoms with Crippen LogP contribution in [0.4, 0.5) is 19.1 Å². The van der Waals surface area contributed by atoms with Crippen LogP contribution in [0.25, 0.3) is 17.2 Å². The van der Waals surface area contributed by atoms with E-state index in [0.29, 0.717) is 33.8 Å². The summed E-state index contributed by atoms with van der Waals surface area (Å²) >= 11 is 3.31. The van der Waals surface area contributed by atoms with E-state index >= 15 is 0 Å². The second-order valence-corrected chi connectivity index (χ2v) is 7.51. The molecule has 4 rings (SSSR count). The first-order chi connectivity index (χ1) is 13.4. The van der Waals surface area contributed by atoms with Gasteiger partial charge in [-0.2, -0.15) is 18.2 Å². The first-order valence-corrected chi connectivity index (χ1v) is 9.72. The molecule has 1 saturated carbocycles. The number of anilines is 1. The van der Waals surface area contributed by atoms with Crippen LogP contribution in [0.3, 0.4) is 0 Å². The monoisotopic (exact) mass is 451 g/mol. The Kier molecular flexibility index (Phi) is 5.09. The van der Waals surface area contributed by atoms with Gasteiger partial charge in [-0.3, -0.25) is 4.57 Å². The van der Waals surface area contributed by atoms with Gasteiger partial charge in [0, 0.05) is 24.0 Å². The molecule has 5 nitrogen and oxygen atoms in total. The Balaban J connectivity index is 1.71. The molecule has 0 saturated heterocycles. The number of aromatic nitrogens is 4. The Labute approximate surface area is 168 Å². The van der Waals surface area contributed by atoms with Crippen LogP contribution in [0.15, 0.2) is 47.3 Å². The van der Waals surface area contributed by atoms with Gasteiger partial charge in [-0.05, 0) is 47.0 Å². The average Bonchev–Trinajstić information content (AvgIpc) is 3.31. The molecule has 9 heteroatoms. The van der Waals surface area contributed by atoms with Gasteiger partial charge in [0.25, 0.3) is 0 Å². The third kappa shape index (κ3) is 4.04. The fourth-order valence-electron chi connectivity index (χ4n) is 3.37. The van der Waals surface area contributed by atoms with Gasteiger partial charge in [-0.25, -0.2) is 9.97 Å². The summed E-state index contributed by atoms with van der Waals surface area (Å²) in [6, 6.07) is 7.15. The molecule has 2 heterocycles. The van der Waals surface area contributed by atoms with Crippen molar-refractivity contribution < 1.29 is 13.2 Å². The molecular weight excluding hydrogens is 435 g/mol. The standard InChI is InChI=1S/C19H17BrF3N5/c20-15-11-28(16-8-9-24-18(27-16)25-14-6-1-2-7-14)17(26-15)12-4-3-5-13(10-12)19(21,22)23/h3-5,8-11,14H,1-2,6-7H2,(H,24,25,27).